The molecule has 0 aliphatic carbocycles. The van der Waals surface area contributed by atoms with E-state index in [1.165, 1.54) is 6.92 Å². The Hall–Kier alpha value is -2.25. The highest BCUT2D eigenvalue weighted by Gasteiger charge is 2.22. The van der Waals surface area contributed by atoms with Crippen LogP contribution in [0.3, 0.4) is 0 Å². The summed E-state index contributed by atoms with van der Waals surface area (Å²) in [4.78, 5) is 12.1. The first-order valence-corrected chi connectivity index (χ1v) is 8.83. The highest BCUT2D eigenvalue weighted by atomic mass is 32.2. The van der Waals surface area contributed by atoms with Crippen LogP contribution in [0.1, 0.15) is 18.1 Å². The van der Waals surface area contributed by atoms with Gasteiger partial charge in [0.15, 0.2) is 0 Å². The Morgan fingerprint density at radius 2 is 1.71 bits per heavy atom. The molecule has 1 amide bonds. The lowest BCUT2D eigenvalue weighted by Gasteiger charge is -2.16. The Bertz CT molecular complexity index is 849. The number of nitrogens with one attached hydrogen (secondary N) is 2. The van der Waals surface area contributed by atoms with Gasteiger partial charge in [-0.1, -0.05) is 17.7 Å². The Kier molecular flexibility index (Phi) is 5.36. The second-order valence-corrected chi connectivity index (χ2v) is 7.32. The summed E-state index contributed by atoms with van der Waals surface area (Å²) in [6, 6.07) is 8.95. The van der Waals surface area contributed by atoms with Crippen molar-refractivity contribution in [3.63, 3.8) is 0 Å². The van der Waals surface area contributed by atoms with Crippen molar-refractivity contribution in [1.29, 1.82) is 0 Å². The van der Waals surface area contributed by atoms with Gasteiger partial charge in [0.05, 0.1) is 10.9 Å². The molecule has 0 heterocycles. The lowest BCUT2D eigenvalue weighted by molar-refractivity contribution is -0.117. The van der Waals surface area contributed by atoms with Crippen LogP contribution in [-0.2, 0) is 14.8 Å². The molecule has 2 N–H and O–H groups in total. The van der Waals surface area contributed by atoms with E-state index in [9.17, 15) is 17.6 Å². The van der Waals surface area contributed by atoms with Crippen molar-refractivity contribution in [1.82, 2.24) is 4.72 Å². The number of aryl methyl sites for hydroxylation is 2. The van der Waals surface area contributed by atoms with Crippen LogP contribution < -0.4 is 10.0 Å². The lowest BCUT2D eigenvalue weighted by atomic mass is 10.1. The second-order valence-electron chi connectivity index (χ2n) is 5.60. The Morgan fingerprint density at radius 3 is 2.29 bits per heavy atom. The molecule has 0 aromatic heterocycles. The summed E-state index contributed by atoms with van der Waals surface area (Å²) in [5.41, 5.74) is 2.57. The molecule has 1 atom stereocenters. The van der Waals surface area contributed by atoms with Gasteiger partial charge in [-0.25, -0.2) is 12.8 Å². The van der Waals surface area contributed by atoms with E-state index >= 15 is 0 Å². The van der Waals surface area contributed by atoms with Crippen LogP contribution in [0.2, 0.25) is 0 Å². The number of anilines is 1. The predicted molar refractivity (Wildman–Crippen MR) is 90.7 cm³/mol. The Morgan fingerprint density at radius 1 is 1.08 bits per heavy atom. The lowest BCUT2D eigenvalue weighted by Crippen LogP contribution is -2.41. The van der Waals surface area contributed by atoms with E-state index in [2.05, 4.69) is 10.0 Å². The highest BCUT2D eigenvalue weighted by Crippen LogP contribution is 2.16. The van der Waals surface area contributed by atoms with Crippen molar-refractivity contribution < 1.29 is 17.6 Å². The zero-order valence-electron chi connectivity index (χ0n) is 13.6. The third-order valence-corrected chi connectivity index (χ3v) is 5.05. The van der Waals surface area contributed by atoms with Gasteiger partial charge in [0.2, 0.25) is 15.9 Å². The van der Waals surface area contributed by atoms with Crippen molar-refractivity contribution in [2.75, 3.05) is 5.32 Å². The van der Waals surface area contributed by atoms with Gasteiger partial charge in [-0.15, -0.1) is 0 Å². The van der Waals surface area contributed by atoms with E-state index < -0.39 is 27.8 Å². The number of halogens is 1. The molecule has 7 heteroatoms. The molecule has 0 unspecified atom stereocenters. The minimum Gasteiger partial charge on any atom is -0.324 e. The molecule has 0 fully saturated rings. The number of sulfonamides is 1. The van der Waals surface area contributed by atoms with E-state index in [0.717, 1.165) is 35.4 Å². The van der Waals surface area contributed by atoms with Crippen molar-refractivity contribution in [3.05, 3.63) is 59.4 Å². The zero-order valence-corrected chi connectivity index (χ0v) is 14.4. The molecular weight excluding hydrogens is 331 g/mol. The Labute approximate surface area is 141 Å². The van der Waals surface area contributed by atoms with Crippen molar-refractivity contribution >= 4 is 21.6 Å². The molecule has 0 spiro atoms. The number of benzene rings is 2. The molecule has 128 valence electrons. The van der Waals surface area contributed by atoms with Crippen LogP contribution in [0.15, 0.2) is 47.4 Å². The molecule has 0 aliphatic rings. The van der Waals surface area contributed by atoms with E-state index in [0.29, 0.717) is 5.69 Å². The topological polar surface area (TPSA) is 75.3 Å². The fourth-order valence-electron chi connectivity index (χ4n) is 2.16. The maximum atomic E-state index is 12.9. The van der Waals surface area contributed by atoms with Crippen molar-refractivity contribution in [2.45, 2.75) is 31.7 Å². The number of hydrogen-bond donors (Lipinski definition) is 2. The molecule has 5 nitrogen and oxygen atoms in total. The fraction of sp³-hybridized carbons (Fsp3) is 0.235. The molecule has 0 aliphatic heterocycles. The standard InChI is InChI=1S/C17H19FN2O3S/c1-11-4-9-16(12(2)10-11)19-17(21)13(3)20-24(22,23)15-7-5-14(18)6-8-15/h4-10,13,20H,1-3H3,(H,19,21)/t13-/m0/s1. The van der Waals surface area contributed by atoms with Gasteiger partial charge in [0, 0.05) is 5.69 Å². The zero-order chi connectivity index (χ0) is 17.9. The normalized spacial score (nSPS) is 12.7. The summed E-state index contributed by atoms with van der Waals surface area (Å²) in [5, 5.41) is 2.69. The molecule has 0 saturated carbocycles. The number of amides is 1. The van der Waals surface area contributed by atoms with Gasteiger partial charge in [0.1, 0.15) is 5.82 Å². The maximum absolute atomic E-state index is 12.9. The molecule has 2 aromatic carbocycles. The quantitative estimate of drug-likeness (QED) is 0.871. The summed E-state index contributed by atoms with van der Waals surface area (Å²) in [7, 11) is -3.91. The third kappa shape index (κ3) is 4.39. The first-order valence-electron chi connectivity index (χ1n) is 7.35. The largest absolute Gasteiger partial charge is 0.324 e. The van der Waals surface area contributed by atoms with Crippen LogP contribution >= 0.6 is 0 Å². The average molecular weight is 350 g/mol. The number of hydrogen-bond acceptors (Lipinski definition) is 3. The molecule has 0 bridgehead atoms. The van der Waals surface area contributed by atoms with Crippen LogP contribution in [0.4, 0.5) is 10.1 Å². The van der Waals surface area contributed by atoms with Crippen molar-refractivity contribution in [2.24, 2.45) is 0 Å². The minimum atomic E-state index is -3.91. The van der Waals surface area contributed by atoms with Crippen LogP contribution in [0.5, 0.6) is 0 Å². The molecule has 0 radical (unpaired) electrons. The Balaban J connectivity index is 2.09. The van der Waals surface area contributed by atoms with Gasteiger partial charge in [-0.05, 0) is 56.7 Å². The van der Waals surface area contributed by atoms with Gasteiger partial charge in [0.25, 0.3) is 0 Å². The number of carbonyl (C=O) groups is 1. The molecule has 2 rings (SSSR count). The molecular formula is C17H19FN2O3S. The van der Waals surface area contributed by atoms with Gasteiger partial charge < -0.3 is 5.32 Å². The SMILES string of the molecule is Cc1ccc(NC(=O)[C@H](C)NS(=O)(=O)c2ccc(F)cc2)c(C)c1. The first-order chi connectivity index (χ1) is 11.2. The van der Waals surface area contributed by atoms with Crippen molar-refractivity contribution in [3.8, 4) is 0 Å². The highest BCUT2D eigenvalue weighted by molar-refractivity contribution is 7.89. The summed E-state index contributed by atoms with van der Waals surface area (Å²) in [5.74, 6) is -1.01. The molecule has 0 saturated heterocycles. The molecule has 24 heavy (non-hydrogen) atoms. The van der Waals surface area contributed by atoms with Crippen LogP contribution in [0, 0.1) is 19.7 Å². The van der Waals surface area contributed by atoms with Gasteiger partial charge in [-0.2, -0.15) is 4.72 Å². The number of rotatable bonds is 5. The second kappa shape index (κ2) is 7.11. The monoisotopic (exact) mass is 350 g/mol. The maximum Gasteiger partial charge on any atom is 0.242 e. The summed E-state index contributed by atoms with van der Waals surface area (Å²) < 4.78 is 39.6. The number of carbonyl (C=O) groups excluding carboxylic acids is 1. The van der Waals surface area contributed by atoms with Gasteiger partial charge >= 0.3 is 0 Å². The average Bonchev–Trinajstić information content (AvgIpc) is 2.50. The van der Waals surface area contributed by atoms with Crippen LogP contribution in [-0.4, -0.2) is 20.4 Å². The third-order valence-electron chi connectivity index (χ3n) is 3.49. The van der Waals surface area contributed by atoms with Gasteiger partial charge in [-0.3, -0.25) is 4.79 Å². The summed E-state index contributed by atoms with van der Waals surface area (Å²) in [6.07, 6.45) is 0. The smallest absolute Gasteiger partial charge is 0.242 e. The van der Waals surface area contributed by atoms with E-state index in [-0.39, 0.29) is 4.90 Å². The summed E-state index contributed by atoms with van der Waals surface area (Å²) >= 11 is 0. The molecule has 2 aromatic rings. The summed E-state index contributed by atoms with van der Waals surface area (Å²) in [6.45, 7) is 5.24. The minimum absolute atomic E-state index is 0.102. The fourth-order valence-corrected chi connectivity index (χ4v) is 3.37. The van der Waals surface area contributed by atoms with E-state index in [4.69, 9.17) is 0 Å². The first kappa shape index (κ1) is 18.1. The van der Waals surface area contributed by atoms with E-state index in [1.807, 2.05) is 26.0 Å². The van der Waals surface area contributed by atoms with Crippen LogP contribution in [0.25, 0.3) is 0 Å². The van der Waals surface area contributed by atoms with E-state index in [1.54, 1.807) is 6.07 Å². The predicted octanol–water partition coefficient (Wildman–Crippen LogP) is 2.75.